The second-order valence-electron chi connectivity index (χ2n) is 2.36. The maximum atomic E-state index is 10.4. The first-order valence-corrected chi connectivity index (χ1v) is 4.45. The highest BCUT2D eigenvalue weighted by Crippen LogP contribution is 2.27. The number of benzene rings is 1. The molecule has 0 saturated carbocycles. The predicted molar refractivity (Wildman–Crippen MR) is 50.0 cm³/mol. The average molecular weight is 198 g/mol. The lowest BCUT2D eigenvalue weighted by Gasteiger charge is -1.93. The van der Waals surface area contributed by atoms with Crippen molar-refractivity contribution in [1.82, 2.24) is 4.37 Å². The van der Waals surface area contributed by atoms with E-state index in [0.717, 1.165) is 16.4 Å². The highest BCUT2D eigenvalue weighted by molar-refractivity contribution is 7.14. The first-order chi connectivity index (χ1) is 5.81. The van der Waals surface area contributed by atoms with Crippen molar-refractivity contribution in [2.45, 2.75) is 0 Å². The van der Waals surface area contributed by atoms with E-state index < -0.39 is 0 Å². The molecule has 2 rings (SSSR count). The van der Waals surface area contributed by atoms with Crippen LogP contribution in [0.25, 0.3) is 10.1 Å². The van der Waals surface area contributed by atoms with Crippen LogP contribution in [-0.2, 0) is 0 Å². The SMILES string of the molecule is O=Cc1cc(Cl)c2sncc2c1. The van der Waals surface area contributed by atoms with Crippen molar-refractivity contribution in [2.24, 2.45) is 0 Å². The van der Waals surface area contributed by atoms with Crippen LogP contribution in [0.2, 0.25) is 5.02 Å². The van der Waals surface area contributed by atoms with Crippen LogP contribution >= 0.6 is 23.1 Å². The van der Waals surface area contributed by atoms with E-state index in [4.69, 9.17) is 11.6 Å². The van der Waals surface area contributed by atoms with E-state index in [2.05, 4.69) is 4.37 Å². The van der Waals surface area contributed by atoms with Gasteiger partial charge >= 0.3 is 0 Å². The first kappa shape index (κ1) is 7.71. The fraction of sp³-hybridized carbons (Fsp3) is 0. The van der Waals surface area contributed by atoms with Crippen molar-refractivity contribution in [3.05, 3.63) is 28.9 Å². The summed E-state index contributed by atoms with van der Waals surface area (Å²) in [6.07, 6.45) is 2.49. The molecule has 0 amide bonds. The van der Waals surface area contributed by atoms with Crippen LogP contribution in [0.15, 0.2) is 18.3 Å². The lowest BCUT2D eigenvalue weighted by atomic mass is 10.2. The number of fused-ring (bicyclic) bond motifs is 1. The Morgan fingerprint density at radius 1 is 1.50 bits per heavy atom. The van der Waals surface area contributed by atoms with Gasteiger partial charge in [0, 0.05) is 17.1 Å². The Hall–Kier alpha value is -0.930. The van der Waals surface area contributed by atoms with Gasteiger partial charge in [0.2, 0.25) is 0 Å². The minimum Gasteiger partial charge on any atom is -0.298 e. The Morgan fingerprint density at radius 2 is 2.33 bits per heavy atom. The van der Waals surface area contributed by atoms with Crippen LogP contribution < -0.4 is 0 Å². The molecule has 4 heteroatoms. The number of carbonyl (C=O) groups excluding carboxylic acids is 1. The molecule has 1 aromatic heterocycles. The van der Waals surface area contributed by atoms with Gasteiger partial charge in [-0.3, -0.25) is 4.79 Å². The molecule has 0 atom stereocenters. The smallest absolute Gasteiger partial charge is 0.150 e. The molecule has 0 bridgehead atoms. The van der Waals surface area contributed by atoms with Crippen LogP contribution in [0.5, 0.6) is 0 Å². The lowest BCUT2D eigenvalue weighted by Crippen LogP contribution is -1.77. The highest BCUT2D eigenvalue weighted by atomic mass is 35.5. The molecule has 2 nitrogen and oxygen atoms in total. The fourth-order valence-electron chi connectivity index (χ4n) is 1.03. The summed E-state index contributed by atoms with van der Waals surface area (Å²) in [5.74, 6) is 0. The molecule has 2 aromatic rings. The molecule has 0 spiro atoms. The van der Waals surface area contributed by atoms with Gasteiger partial charge in [-0.2, -0.15) is 4.37 Å². The topological polar surface area (TPSA) is 30.0 Å². The van der Waals surface area contributed by atoms with E-state index in [1.165, 1.54) is 11.5 Å². The van der Waals surface area contributed by atoms with E-state index in [-0.39, 0.29) is 0 Å². The number of hydrogen-bond acceptors (Lipinski definition) is 3. The second kappa shape index (κ2) is 2.84. The molecule has 0 N–H and O–H groups in total. The Kier molecular flexibility index (Phi) is 1.83. The summed E-state index contributed by atoms with van der Waals surface area (Å²) in [6.45, 7) is 0. The van der Waals surface area contributed by atoms with Gasteiger partial charge in [0.15, 0.2) is 0 Å². The van der Waals surface area contributed by atoms with Crippen molar-refractivity contribution in [2.75, 3.05) is 0 Å². The Bertz CT molecular complexity index is 438. The van der Waals surface area contributed by atoms with Gasteiger partial charge in [0.05, 0.1) is 9.72 Å². The van der Waals surface area contributed by atoms with Crippen LogP contribution in [0.4, 0.5) is 0 Å². The zero-order chi connectivity index (χ0) is 8.55. The van der Waals surface area contributed by atoms with Crippen LogP contribution in [0.3, 0.4) is 0 Å². The number of aromatic nitrogens is 1. The zero-order valence-corrected chi connectivity index (χ0v) is 7.52. The quantitative estimate of drug-likeness (QED) is 0.658. The lowest BCUT2D eigenvalue weighted by molar-refractivity contribution is 0.112. The summed E-state index contributed by atoms with van der Waals surface area (Å²) >= 11 is 7.23. The minimum atomic E-state index is 0.590. The highest BCUT2D eigenvalue weighted by Gasteiger charge is 2.03. The molecule has 60 valence electrons. The zero-order valence-electron chi connectivity index (χ0n) is 5.95. The van der Waals surface area contributed by atoms with Gasteiger partial charge in [-0.15, -0.1) is 0 Å². The van der Waals surface area contributed by atoms with Gasteiger partial charge in [-0.05, 0) is 23.7 Å². The largest absolute Gasteiger partial charge is 0.298 e. The predicted octanol–water partition coefficient (Wildman–Crippen LogP) is 2.76. The Balaban J connectivity index is 2.83. The number of hydrogen-bond donors (Lipinski definition) is 0. The molecule has 0 fully saturated rings. The molecular weight excluding hydrogens is 194 g/mol. The summed E-state index contributed by atoms with van der Waals surface area (Å²) in [6, 6.07) is 3.42. The van der Waals surface area contributed by atoms with E-state index in [1.54, 1.807) is 18.3 Å². The monoisotopic (exact) mass is 197 g/mol. The fourth-order valence-corrected chi connectivity index (χ4v) is 2.01. The summed E-state index contributed by atoms with van der Waals surface area (Å²) in [5.41, 5.74) is 0.590. The van der Waals surface area contributed by atoms with Gasteiger partial charge in [-0.25, -0.2) is 0 Å². The summed E-state index contributed by atoms with van der Waals surface area (Å²) in [7, 11) is 0. The molecule has 1 heterocycles. The van der Waals surface area contributed by atoms with Gasteiger partial charge < -0.3 is 0 Å². The van der Waals surface area contributed by atoms with Gasteiger partial charge in [-0.1, -0.05) is 11.6 Å². The minimum absolute atomic E-state index is 0.590. The molecule has 0 saturated heterocycles. The molecular formula is C8H4ClNOS. The van der Waals surface area contributed by atoms with Crippen molar-refractivity contribution in [3.8, 4) is 0 Å². The average Bonchev–Trinajstić information content (AvgIpc) is 2.52. The molecule has 0 aliphatic heterocycles. The molecule has 12 heavy (non-hydrogen) atoms. The van der Waals surface area contributed by atoms with Crippen molar-refractivity contribution in [3.63, 3.8) is 0 Å². The molecule has 1 aromatic carbocycles. The van der Waals surface area contributed by atoms with E-state index in [9.17, 15) is 4.79 Å². The van der Waals surface area contributed by atoms with Crippen LogP contribution in [0.1, 0.15) is 10.4 Å². The van der Waals surface area contributed by atoms with E-state index in [0.29, 0.717) is 10.6 Å². The molecule has 0 aliphatic carbocycles. The Morgan fingerprint density at radius 3 is 3.08 bits per heavy atom. The normalized spacial score (nSPS) is 10.4. The van der Waals surface area contributed by atoms with Crippen LogP contribution in [0, 0.1) is 0 Å². The number of nitrogens with zero attached hydrogens (tertiary/aromatic N) is 1. The third-order valence-corrected chi connectivity index (χ3v) is 2.83. The number of rotatable bonds is 1. The first-order valence-electron chi connectivity index (χ1n) is 3.30. The van der Waals surface area contributed by atoms with Gasteiger partial charge in [0.25, 0.3) is 0 Å². The Labute approximate surface area is 77.9 Å². The van der Waals surface area contributed by atoms with E-state index in [1.807, 2.05) is 0 Å². The maximum absolute atomic E-state index is 10.4. The maximum Gasteiger partial charge on any atom is 0.150 e. The molecule has 0 radical (unpaired) electrons. The van der Waals surface area contributed by atoms with E-state index >= 15 is 0 Å². The third-order valence-electron chi connectivity index (χ3n) is 1.57. The molecule has 0 aliphatic rings. The number of carbonyl (C=O) groups is 1. The summed E-state index contributed by atoms with van der Waals surface area (Å²) in [5, 5.41) is 1.52. The third kappa shape index (κ3) is 1.11. The summed E-state index contributed by atoms with van der Waals surface area (Å²) < 4.78 is 4.91. The molecule has 0 unspecified atom stereocenters. The number of aldehydes is 1. The second-order valence-corrected chi connectivity index (χ2v) is 3.57. The van der Waals surface area contributed by atoms with Crippen molar-refractivity contribution < 1.29 is 4.79 Å². The standard InChI is InChI=1S/C8H4ClNOS/c9-7-2-5(4-11)1-6-3-10-12-8(6)7/h1-4H. The number of halogens is 1. The van der Waals surface area contributed by atoms with Crippen molar-refractivity contribution in [1.29, 1.82) is 0 Å². The summed E-state index contributed by atoms with van der Waals surface area (Å²) in [4.78, 5) is 10.4. The van der Waals surface area contributed by atoms with Crippen LogP contribution in [-0.4, -0.2) is 10.7 Å². The van der Waals surface area contributed by atoms with Crippen molar-refractivity contribution >= 4 is 39.5 Å². The van der Waals surface area contributed by atoms with Gasteiger partial charge in [0.1, 0.15) is 6.29 Å².